The number of piperidine rings is 1. The molecule has 0 aromatic carbocycles. The first kappa shape index (κ1) is 23.1. The quantitative estimate of drug-likeness (QED) is 0.602. The number of carbonyl (C=O) groups excluding carboxylic acids is 1. The molecule has 0 aliphatic carbocycles. The van der Waals surface area contributed by atoms with Crippen molar-refractivity contribution < 1.29 is 18.0 Å². The van der Waals surface area contributed by atoms with Crippen LogP contribution in [-0.4, -0.2) is 56.6 Å². The molecular formula is C21H21F3N8O2. The van der Waals surface area contributed by atoms with E-state index in [1.165, 1.54) is 11.9 Å². The van der Waals surface area contributed by atoms with Gasteiger partial charge in [-0.15, -0.1) is 0 Å². The summed E-state index contributed by atoms with van der Waals surface area (Å²) in [6, 6.07) is 1.85. The molecule has 13 heteroatoms. The van der Waals surface area contributed by atoms with Crippen LogP contribution in [0.3, 0.4) is 0 Å². The molecule has 0 bridgehead atoms. The number of aromatic nitrogens is 4. The third-order valence-corrected chi connectivity index (χ3v) is 5.90. The molecule has 0 spiro atoms. The third-order valence-electron chi connectivity index (χ3n) is 5.90. The van der Waals surface area contributed by atoms with Gasteiger partial charge in [0.2, 0.25) is 0 Å². The Morgan fingerprint density at radius 2 is 2.06 bits per heavy atom. The highest BCUT2D eigenvalue weighted by atomic mass is 19.4. The summed E-state index contributed by atoms with van der Waals surface area (Å²) in [5, 5.41) is 11.5. The van der Waals surface area contributed by atoms with Gasteiger partial charge in [-0.2, -0.15) is 18.4 Å². The average molecular weight is 474 g/mol. The van der Waals surface area contributed by atoms with Crippen LogP contribution in [0.25, 0.3) is 11.2 Å². The second-order valence-electron chi connectivity index (χ2n) is 8.06. The lowest BCUT2D eigenvalue weighted by molar-refractivity contribution is -0.138. The normalized spacial score (nSPS) is 14.8. The molecule has 0 saturated carbocycles. The lowest BCUT2D eigenvalue weighted by Gasteiger charge is -2.37. The number of nitriles is 1. The largest absolute Gasteiger partial charge is 0.417 e. The van der Waals surface area contributed by atoms with Gasteiger partial charge in [0.15, 0.2) is 5.65 Å². The van der Waals surface area contributed by atoms with Crippen molar-refractivity contribution in [1.29, 1.82) is 5.26 Å². The van der Waals surface area contributed by atoms with E-state index < -0.39 is 29.0 Å². The van der Waals surface area contributed by atoms with Gasteiger partial charge < -0.3 is 24.7 Å². The van der Waals surface area contributed by atoms with Gasteiger partial charge in [-0.3, -0.25) is 4.79 Å². The van der Waals surface area contributed by atoms with Crippen LogP contribution in [-0.2, 0) is 13.2 Å². The Bertz CT molecular complexity index is 1330. The molecule has 1 aliphatic heterocycles. The van der Waals surface area contributed by atoms with Crippen LogP contribution >= 0.6 is 0 Å². The van der Waals surface area contributed by atoms with Crippen molar-refractivity contribution in [2.75, 3.05) is 30.4 Å². The second kappa shape index (κ2) is 8.69. The van der Waals surface area contributed by atoms with Crippen LogP contribution in [0.15, 0.2) is 29.5 Å². The summed E-state index contributed by atoms with van der Waals surface area (Å²) in [6.45, 7) is 1.11. The maximum Gasteiger partial charge on any atom is 0.417 e. The van der Waals surface area contributed by atoms with E-state index in [9.17, 15) is 28.0 Å². The number of pyridine rings is 1. The Labute approximate surface area is 191 Å². The molecule has 1 aliphatic rings. The molecule has 10 nitrogen and oxygen atoms in total. The van der Waals surface area contributed by atoms with E-state index >= 15 is 0 Å². The molecule has 3 aromatic rings. The number of fused-ring (bicyclic) bond motifs is 1. The molecular weight excluding hydrogens is 453 g/mol. The maximum absolute atomic E-state index is 13.1. The molecule has 0 radical (unpaired) electrons. The fourth-order valence-corrected chi connectivity index (χ4v) is 3.93. The molecule has 1 fully saturated rings. The number of nitrogens with zero attached hydrogens (tertiary/aromatic N) is 6. The van der Waals surface area contributed by atoms with Gasteiger partial charge in [-0.1, -0.05) is 0 Å². The maximum atomic E-state index is 13.1. The predicted molar refractivity (Wildman–Crippen MR) is 117 cm³/mol. The SMILES string of the molecule is CN(C(=O)Nc1cc(C(F)(F)F)cn(C)c1=O)C1CCN(c2cnc3[nH]cc(C#N)c3n2)CC1. The number of anilines is 2. The summed E-state index contributed by atoms with van der Waals surface area (Å²) < 4.78 is 40.0. The monoisotopic (exact) mass is 474 g/mol. The number of carbonyl (C=O) groups is 1. The van der Waals surface area contributed by atoms with Gasteiger partial charge in [0, 0.05) is 45.6 Å². The summed E-state index contributed by atoms with van der Waals surface area (Å²) in [6.07, 6.45) is 0.339. The lowest BCUT2D eigenvalue weighted by atomic mass is 10.0. The van der Waals surface area contributed by atoms with Crippen molar-refractivity contribution in [3.63, 3.8) is 0 Å². The van der Waals surface area contributed by atoms with Gasteiger partial charge in [-0.25, -0.2) is 14.8 Å². The number of nitrogens with one attached hydrogen (secondary N) is 2. The van der Waals surface area contributed by atoms with Crippen LogP contribution in [0.2, 0.25) is 0 Å². The number of halogens is 3. The van der Waals surface area contributed by atoms with E-state index in [0.29, 0.717) is 60.7 Å². The van der Waals surface area contributed by atoms with E-state index in [1.54, 1.807) is 19.4 Å². The number of urea groups is 1. The molecule has 4 heterocycles. The van der Waals surface area contributed by atoms with Crippen LogP contribution in [0.1, 0.15) is 24.0 Å². The smallest absolute Gasteiger partial charge is 0.355 e. The van der Waals surface area contributed by atoms with Crippen molar-refractivity contribution in [2.24, 2.45) is 7.05 Å². The van der Waals surface area contributed by atoms with E-state index in [1.807, 2.05) is 4.90 Å². The fourth-order valence-electron chi connectivity index (χ4n) is 3.93. The van der Waals surface area contributed by atoms with Crippen molar-refractivity contribution in [1.82, 2.24) is 24.4 Å². The fraction of sp³-hybridized carbons (Fsp3) is 0.381. The molecule has 34 heavy (non-hydrogen) atoms. The van der Waals surface area contributed by atoms with E-state index in [2.05, 4.69) is 26.3 Å². The van der Waals surface area contributed by atoms with Crippen molar-refractivity contribution >= 4 is 28.7 Å². The molecule has 2 amide bonds. The first-order valence-corrected chi connectivity index (χ1v) is 10.4. The van der Waals surface area contributed by atoms with Gasteiger partial charge in [0.25, 0.3) is 5.56 Å². The number of hydrogen-bond donors (Lipinski definition) is 2. The molecule has 3 aromatic heterocycles. The highest BCUT2D eigenvalue weighted by molar-refractivity contribution is 5.89. The minimum Gasteiger partial charge on any atom is -0.355 e. The Hall–Kier alpha value is -4.08. The van der Waals surface area contributed by atoms with Gasteiger partial charge >= 0.3 is 12.2 Å². The molecule has 0 unspecified atom stereocenters. The Kier molecular flexibility index (Phi) is 5.90. The standard InChI is InChI=1S/C21H21F3N8O2/c1-30-11-13(21(22,23)24)7-15(19(30)33)28-20(34)31(2)14-3-5-32(6-4-14)16-10-27-18-17(29-16)12(8-25)9-26-18/h7,9-11,14H,3-6H2,1-2H3,(H,26,27)(H,28,34). The zero-order chi connectivity index (χ0) is 24.6. The topological polar surface area (TPSA) is 123 Å². The minimum absolute atomic E-state index is 0.190. The Morgan fingerprint density at radius 3 is 2.71 bits per heavy atom. The van der Waals surface area contributed by atoms with E-state index in [-0.39, 0.29) is 6.04 Å². The molecule has 2 N–H and O–H groups in total. The minimum atomic E-state index is -4.65. The zero-order valence-corrected chi connectivity index (χ0v) is 18.3. The number of rotatable bonds is 3. The number of hydrogen-bond acceptors (Lipinski definition) is 6. The van der Waals surface area contributed by atoms with Crippen LogP contribution in [0.4, 0.5) is 29.5 Å². The average Bonchev–Trinajstić information content (AvgIpc) is 3.23. The lowest BCUT2D eigenvalue weighted by Crippen LogP contribution is -2.47. The second-order valence-corrected chi connectivity index (χ2v) is 8.06. The first-order chi connectivity index (χ1) is 16.1. The summed E-state index contributed by atoms with van der Waals surface area (Å²) in [5.41, 5.74) is -0.791. The van der Waals surface area contributed by atoms with E-state index in [0.717, 1.165) is 4.57 Å². The molecule has 178 valence electrons. The highest BCUT2D eigenvalue weighted by Gasteiger charge is 2.33. The van der Waals surface area contributed by atoms with Crippen LogP contribution in [0.5, 0.6) is 0 Å². The highest BCUT2D eigenvalue weighted by Crippen LogP contribution is 2.30. The van der Waals surface area contributed by atoms with Crippen molar-refractivity contribution in [2.45, 2.75) is 25.1 Å². The molecule has 0 atom stereocenters. The molecule has 4 rings (SSSR count). The predicted octanol–water partition coefficient (Wildman–Crippen LogP) is 2.68. The number of alkyl halides is 3. The van der Waals surface area contributed by atoms with Gasteiger partial charge in [0.1, 0.15) is 23.1 Å². The summed E-state index contributed by atoms with van der Waals surface area (Å²) in [4.78, 5) is 40.0. The number of H-pyrrole nitrogens is 1. The molecule has 1 saturated heterocycles. The van der Waals surface area contributed by atoms with Gasteiger partial charge in [0.05, 0.1) is 17.3 Å². The number of aryl methyl sites for hydroxylation is 1. The zero-order valence-electron chi connectivity index (χ0n) is 18.3. The van der Waals surface area contributed by atoms with Crippen LogP contribution < -0.4 is 15.8 Å². The Morgan fingerprint density at radius 1 is 1.35 bits per heavy atom. The summed E-state index contributed by atoms with van der Waals surface area (Å²) in [7, 11) is 2.73. The summed E-state index contributed by atoms with van der Waals surface area (Å²) >= 11 is 0. The number of aromatic amines is 1. The summed E-state index contributed by atoms with van der Waals surface area (Å²) in [5.74, 6) is 0.613. The first-order valence-electron chi connectivity index (χ1n) is 10.4. The van der Waals surface area contributed by atoms with Crippen molar-refractivity contribution in [3.8, 4) is 6.07 Å². The van der Waals surface area contributed by atoms with Crippen LogP contribution in [0, 0.1) is 11.3 Å². The number of amides is 2. The van der Waals surface area contributed by atoms with E-state index in [4.69, 9.17) is 0 Å². The van der Waals surface area contributed by atoms with Crippen molar-refractivity contribution in [3.05, 3.63) is 46.1 Å². The van der Waals surface area contributed by atoms with Gasteiger partial charge in [-0.05, 0) is 18.9 Å². The third kappa shape index (κ3) is 4.39. The Balaban J connectivity index is 1.42.